The van der Waals surface area contributed by atoms with Crippen molar-refractivity contribution in [1.82, 2.24) is 0 Å². The quantitative estimate of drug-likeness (QED) is 0.160. The normalized spacial score (nSPS) is 26.4. The molecule has 6 heteroatoms. The van der Waals surface area contributed by atoms with Crippen LogP contribution in [0.25, 0.3) is 0 Å². The van der Waals surface area contributed by atoms with Crippen molar-refractivity contribution in [2.75, 3.05) is 0 Å². The van der Waals surface area contributed by atoms with Gasteiger partial charge in [0.05, 0.1) is 0 Å². The van der Waals surface area contributed by atoms with E-state index in [2.05, 4.69) is 46.1 Å². The van der Waals surface area contributed by atoms with Gasteiger partial charge in [-0.05, 0) is 62.5 Å². The van der Waals surface area contributed by atoms with E-state index in [0.29, 0.717) is 0 Å². The molecule has 0 nitrogen and oxygen atoms in total. The summed E-state index contributed by atoms with van der Waals surface area (Å²) in [6, 6.07) is 9.91. The maximum atomic E-state index is 6.74. The SMILES string of the molecule is [S-]P(Cc1ccc(CP([S-])(=[S+]C2CCCCC2)C2CCCCC2)cc1)(=[S+]C1CCCCC1)C1CCCCC1. The first-order valence-electron chi connectivity index (χ1n) is 16.1. The summed E-state index contributed by atoms with van der Waals surface area (Å²) in [6.45, 7) is 0. The first kappa shape index (κ1) is 30.7. The van der Waals surface area contributed by atoms with Crippen molar-refractivity contribution in [3.05, 3.63) is 35.4 Å². The molecule has 4 aliphatic rings. The zero-order valence-electron chi connectivity index (χ0n) is 23.7. The van der Waals surface area contributed by atoms with Crippen LogP contribution >= 0.6 is 10.5 Å². The van der Waals surface area contributed by atoms with E-state index in [4.69, 9.17) is 24.5 Å². The topological polar surface area (TPSA) is 0 Å². The van der Waals surface area contributed by atoms with Crippen LogP contribution in [-0.4, -0.2) is 21.8 Å². The first-order valence-corrected chi connectivity index (χ1v) is 25.2. The zero-order chi connectivity index (χ0) is 26.3. The summed E-state index contributed by atoms with van der Waals surface area (Å²) in [5.74, 6) is 0. The minimum Gasteiger partial charge on any atom is -0.699 e. The van der Waals surface area contributed by atoms with E-state index in [9.17, 15) is 0 Å². The van der Waals surface area contributed by atoms with E-state index in [1.54, 1.807) is 0 Å². The molecule has 38 heavy (non-hydrogen) atoms. The highest BCUT2D eigenvalue weighted by Gasteiger charge is 2.34. The van der Waals surface area contributed by atoms with Gasteiger partial charge in [-0.3, -0.25) is 0 Å². The van der Waals surface area contributed by atoms with Gasteiger partial charge in [0.1, 0.15) is 21.9 Å². The van der Waals surface area contributed by atoms with E-state index < -0.39 is 10.5 Å². The van der Waals surface area contributed by atoms with Crippen molar-refractivity contribution in [3.63, 3.8) is 0 Å². The molecule has 1 aromatic carbocycles. The van der Waals surface area contributed by atoms with Crippen molar-refractivity contribution >= 4 is 56.9 Å². The second-order valence-corrected chi connectivity index (χ2v) is 30.1. The maximum Gasteiger partial charge on any atom is 0.178 e. The summed E-state index contributed by atoms with van der Waals surface area (Å²) in [6.07, 6.45) is 30.7. The summed E-state index contributed by atoms with van der Waals surface area (Å²) in [5, 5.41) is -1.23. The number of hydrogen-bond acceptors (Lipinski definition) is 2. The molecule has 0 aliphatic heterocycles. The third-order valence-electron chi connectivity index (χ3n) is 9.85. The number of hydrogen-bond donors (Lipinski definition) is 0. The molecular weight excluding hydrogens is 575 g/mol. The maximum absolute atomic E-state index is 6.74. The molecule has 0 spiro atoms. The van der Waals surface area contributed by atoms with Crippen LogP contribution in [0.2, 0.25) is 0 Å². The molecule has 214 valence electrons. The molecule has 4 saturated carbocycles. The molecule has 0 heterocycles. The predicted octanol–water partition coefficient (Wildman–Crippen LogP) is 11.0. The average Bonchev–Trinajstić information content (AvgIpc) is 2.96. The van der Waals surface area contributed by atoms with Gasteiger partial charge < -0.3 is 24.5 Å². The van der Waals surface area contributed by atoms with Crippen LogP contribution in [0.1, 0.15) is 140 Å². The molecule has 0 bridgehead atoms. The lowest BCUT2D eigenvalue weighted by Crippen LogP contribution is -2.18. The minimum atomic E-state index is -1.46. The summed E-state index contributed by atoms with van der Waals surface area (Å²) in [5.41, 5.74) is 4.69. The molecule has 4 fully saturated rings. The molecule has 1 aromatic rings. The van der Waals surface area contributed by atoms with E-state index in [1.165, 1.54) is 152 Å². The lowest BCUT2D eigenvalue weighted by Gasteiger charge is -2.36. The Kier molecular flexibility index (Phi) is 12.2. The Morgan fingerprint density at radius 3 is 1.08 bits per heavy atom. The van der Waals surface area contributed by atoms with E-state index in [-0.39, 0.29) is 0 Å². The van der Waals surface area contributed by atoms with Crippen LogP contribution in [0.4, 0.5) is 0 Å². The fraction of sp³-hybridized carbons (Fsp3) is 0.812. The summed E-state index contributed by atoms with van der Waals surface area (Å²) in [7, 11) is 4.67. The highest BCUT2D eigenvalue weighted by Crippen LogP contribution is 2.60. The molecule has 4 aliphatic carbocycles. The van der Waals surface area contributed by atoms with Gasteiger partial charge in [0.15, 0.2) is 10.5 Å². The molecule has 0 aromatic heterocycles. The smallest absolute Gasteiger partial charge is 0.178 e. The van der Waals surface area contributed by atoms with Crippen molar-refractivity contribution < 1.29 is 0 Å². The lowest BCUT2D eigenvalue weighted by molar-refractivity contribution is 0.510. The van der Waals surface area contributed by atoms with Crippen LogP contribution < -0.4 is 0 Å². The minimum absolute atomic E-state index is 0.822. The third-order valence-corrected chi connectivity index (χ3v) is 27.6. The highest BCUT2D eigenvalue weighted by molar-refractivity contribution is 8.59. The van der Waals surface area contributed by atoms with Crippen molar-refractivity contribution in [3.8, 4) is 0 Å². The lowest BCUT2D eigenvalue weighted by atomic mass is 10.0. The highest BCUT2D eigenvalue weighted by atomic mass is 32.9. The Labute approximate surface area is 253 Å². The summed E-state index contributed by atoms with van der Waals surface area (Å²) >= 11 is 13.5. The molecule has 0 amide bonds. The standard InChI is InChI=1S/C32H52P2S4/c35-33(29-13-5-1-6-14-29,37-31-17-9-3-10-18-31)25-27-21-23-28(24-22-27)26-34(36,30-15-7-2-8-16-30)38-32-19-11-4-12-20-32/h21-24,29-32H,1-20,25-26H2. The predicted molar refractivity (Wildman–Crippen MR) is 185 cm³/mol. The fourth-order valence-corrected chi connectivity index (χ4v) is 26.7. The molecular formula is C32H52P2S4. The van der Waals surface area contributed by atoms with Gasteiger partial charge in [-0.25, -0.2) is 0 Å². The Morgan fingerprint density at radius 2 is 0.763 bits per heavy atom. The molecule has 5 rings (SSSR count). The second-order valence-electron chi connectivity index (χ2n) is 12.9. The largest absolute Gasteiger partial charge is 0.699 e. The van der Waals surface area contributed by atoms with Crippen molar-refractivity contribution in [1.29, 1.82) is 0 Å². The van der Waals surface area contributed by atoms with Crippen LogP contribution in [0.5, 0.6) is 0 Å². The fourth-order valence-electron chi connectivity index (χ4n) is 7.56. The van der Waals surface area contributed by atoms with Crippen LogP contribution in [0, 0.1) is 0 Å². The van der Waals surface area contributed by atoms with Gasteiger partial charge in [-0.1, -0.05) is 75.6 Å². The van der Waals surface area contributed by atoms with Gasteiger partial charge in [0.2, 0.25) is 0 Å². The summed E-state index contributed by atoms with van der Waals surface area (Å²) < 4.78 is 0. The van der Waals surface area contributed by atoms with Gasteiger partial charge in [0, 0.05) is 59.8 Å². The van der Waals surface area contributed by atoms with Gasteiger partial charge in [-0.15, -0.1) is 0 Å². The molecule has 2 unspecified atom stereocenters. The van der Waals surface area contributed by atoms with E-state index in [0.717, 1.165) is 21.8 Å². The van der Waals surface area contributed by atoms with Crippen LogP contribution in [0.15, 0.2) is 24.3 Å². The molecule has 2 atom stereocenters. The van der Waals surface area contributed by atoms with Gasteiger partial charge >= 0.3 is 0 Å². The van der Waals surface area contributed by atoms with Crippen molar-refractivity contribution in [2.24, 2.45) is 0 Å². The number of rotatable bonds is 8. The summed E-state index contributed by atoms with van der Waals surface area (Å²) in [4.78, 5) is 0. The Bertz CT molecular complexity index is 885. The molecule has 0 saturated heterocycles. The monoisotopic (exact) mass is 626 g/mol. The Morgan fingerprint density at radius 1 is 0.474 bits per heavy atom. The van der Waals surface area contributed by atoms with E-state index >= 15 is 0 Å². The first-order chi connectivity index (χ1) is 18.5. The van der Waals surface area contributed by atoms with Gasteiger partial charge in [-0.2, -0.15) is 0 Å². The van der Waals surface area contributed by atoms with Crippen molar-refractivity contribution in [2.45, 2.75) is 163 Å². The van der Waals surface area contributed by atoms with Crippen LogP contribution in [0.3, 0.4) is 0 Å². The Balaban J connectivity index is 1.34. The second kappa shape index (κ2) is 15.1. The molecule has 0 radical (unpaired) electrons. The molecule has 0 N–H and O–H groups in total. The number of benzene rings is 1. The van der Waals surface area contributed by atoms with Gasteiger partial charge in [0.25, 0.3) is 0 Å². The van der Waals surface area contributed by atoms with Crippen LogP contribution in [-0.2, 0) is 58.7 Å². The average molecular weight is 627 g/mol. The third kappa shape index (κ3) is 8.63. The zero-order valence-corrected chi connectivity index (χ0v) is 28.8. The van der Waals surface area contributed by atoms with E-state index in [1.807, 2.05) is 0 Å². The Hall–Kier alpha value is 1.22.